The van der Waals surface area contributed by atoms with Crippen LogP contribution in [0.1, 0.15) is 113 Å². The van der Waals surface area contributed by atoms with Crippen molar-refractivity contribution in [1.82, 2.24) is 4.90 Å². The fourth-order valence-electron chi connectivity index (χ4n) is 11.2. The van der Waals surface area contributed by atoms with Gasteiger partial charge in [-0.3, -0.25) is 14.6 Å². The lowest BCUT2D eigenvalue weighted by atomic mass is 9.71. The molecule has 2 aliphatic carbocycles. The molecule has 6 aliphatic rings. The fourth-order valence-corrected chi connectivity index (χ4v) is 11.2. The number of aldehydes is 1. The largest absolute Gasteiger partial charge is 0.489 e. The van der Waals surface area contributed by atoms with Crippen LogP contribution in [0.15, 0.2) is 40.1 Å². The summed E-state index contributed by atoms with van der Waals surface area (Å²) in [7, 11) is 1.71. The first-order chi connectivity index (χ1) is 30.9. The molecule has 0 radical (unpaired) electrons. The fraction of sp³-hybridized carbons (Fsp3) is 0.600. The molecule has 4 N–H and O–H groups in total. The SMILES string of the molecule is CCOC(=O)C1=C(C=O)C(=C2CC(CO)C(=O)C(c3ccc4c(c3)=CCN=4)C2)c2c(c(CO)c3c(c2OC2CCCC(O)C2)CC(C(C)(O)C2CCN(CCCOC)C(CC)C2)O3)O1. The van der Waals surface area contributed by atoms with Gasteiger partial charge in [-0.15, -0.1) is 0 Å². The van der Waals surface area contributed by atoms with Gasteiger partial charge in [0.2, 0.25) is 5.76 Å². The lowest BCUT2D eigenvalue weighted by Gasteiger charge is -2.46. The highest BCUT2D eigenvalue weighted by atomic mass is 16.6. The number of carbonyl (C=O) groups is 3. The number of ether oxygens (including phenoxy) is 5. The number of aliphatic hydroxyl groups is 4. The van der Waals surface area contributed by atoms with E-state index in [1.807, 2.05) is 31.2 Å². The number of esters is 1. The Balaban J connectivity index is 1.29. The van der Waals surface area contributed by atoms with Gasteiger partial charge in [0.1, 0.15) is 40.8 Å². The average Bonchev–Trinajstić information content (AvgIpc) is 3.97. The second kappa shape index (κ2) is 19.6. The first-order valence-electron chi connectivity index (χ1n) is 23.3. The van der Waals surface area contributed by atoms with Gasteiger partial charge in [-0.1, -0.05) is 24.6 Å². The van der Waals surface area contributed by atoms with E-state index in [2.05, 4.69) is 16.8 Å². The third kappa shape index (κ3) is 8.69. The van der Waals surface area contributed by atoms with Crippen molar-refractivity contribution in [3.63, 3.8) is 0 Å². The van der Waals surface area contributed by atoms with Crippen molar-refractivity contribution in [2.24, 2.45) is 16.8 Å². The highest BCUT2D eigenvalue weighted by molar-refractivity contribution is 6.11. The summed E-state index contributed by atoms with van der Waals surface area (Å²) in [5, 5.41) is 47.4. The average molecular weight is 885 g/mol. The maximum atomic E-state index is 14.2. The molecule has 4 heterocycles. The Morgan fingerprint density at radius 3 is 2.64 bits per heavy atom. The molecule has 14 nitrogen and oxygen atoms in total. The summed E-state index contributed by atoms with van der Waals surface area (Å²) in [5.74, 6) is -2.45. The maximum absolute atomic E-state index is 14.2. The molecule has 4 aliphatic heterocycles. The normalized spacial score (nSPS) is 28.8. The number of hydrogen-bond acceptors (Lipinski definition) is 14. The summed E-state index contributed by atoms with van der Waals surface area (Å²) >= 11 is 0. The van der Waals surface area contributed by atoms with Crippen molar-refractivity contribution in [2.75, 3.05) is 46.6 Å². The third-order valence-electron chi connectivity index (χ3n) is 14.7. The van der Waals surface area contributed by atoms with Gasteiger partial charge in [0.05, 0.1) is 54.5 Å². The van der Waals surface area contributed by atoms with Gasteiger partial charge in [-0.2, -0.15) is 0 Å². The Morgan fingerprint density at radius 1 is 1.09 bits per heavy atom. The molecule has 3 fully saturated rings. The van der Waals surface area contributed by atoms with Crippen LogP contribution in [0.3, 0.4) is 0 Å². The second-order valence-electron chi connectivity index (χ2n) is 18.5. The van der Waals surface area contributed by atoms with Crippen LogP contribution in [0.4, 0.5) is 0 Å². The summed E-state index contributed by atoms with van der Waals surface area (Å²) < 4.78 is 31.1. The molecule has 8 rings (SSSR count). The molecule has 2 saturated carbocycles. The van der Waals surface area contributed by atoms with Crippen LogP contribution in [0.25, 0.3) is 11.6 Å². The number of aliphatic hydroxyl groups excluding tert-OH is 3. The Morgan fingerprint density at radius 2 is 1.92 bits per heavy atom. The van der Waals surface area contributed by atoms with Crippen molar-refractivity contribution in [2.45, 2.75) is 134 Å². The Kier molecular flexibility index (Phi) is 14.1. The van der Waals surface area contributed by atoms with Crippen LogP contribution in [0, 0.1) is 11.8 Å². The quantitative estimate of drug-likeness (QED) is 0.115. The van der Waals surface area contributed by atoms with Crippen LogP contribution in [-0.2, 0) is 36.9 Å². The summed E-state index contributed by atoms with van der Waals surface area (Å²) in [6, 6.07) is 5.98. The molecular weight excluding hydrogens is 821 g/mol. The van der Waals surface area contributed by atoms with Crippen molar-refractivity contribution in [3.8, 4) is 17.2 Å². The first-order valence-corrected chi connectivity index (χ1v) is 23.3. The molecule has 0 amide bonds. The molecule has 2 aromatic rings. The van der Waals surface area contributed by atoms with Gasteiger partial charge >= 0.3 is 5.97 Å². The van der Waals surface area contributed by atoms with Gasteiger partial charge in [0, 0.05) is 62.1 Å². The number of carbonyl (C=O) groups excluding carboxylic acids is 3. The standard InChI is InChI=1S/C50H64N2O12/c1-5-33-22-32(14-17-52(33)16-8-18-60-4)50(3,59)41-24-37-45(63-41)39(27-55)47-43(46(37)62-35-10-7-9-34(56)23-35)42(38(26-54)48(64-47)49(58)61-6-2)30-20-31(25-53)44(57)36(21-30)28-11-12-40-29(19-28)13-15-51-40/h11-13,19,26,31-36,41,53,55-56,59H,5-10,14-18,20-25,27H2,1-4H3. The zero-order chi connectivity index (χ0) is 45.3. The summed E-state index contributed by atoms with van der Waals surface area (Å²) in [4.78, 5) is 48.6. The number of benzene rings is 2. The number of methoxy groups -OCH3 is 1. The molecule has 2 aromatic carbocycles. The highest BCUT2D eigenvalue weighted by Gasteiger charge is 2.50. The van der Waals surface area contributed by atoms with E-state index >= 15 is 0 Å². The molecule has 346 valence electrons. The van der Waals surface area contributed by atoms with E-state index in [1.165, 1.54) is 0 Å². The van der Waals surface area contributed by atoms with Gasteiger partial charge in [-0.25, -0.2) is 4.79 Å². The number of nitrogens with zero attached hydrogens (tertiary/aromatic N) is 2. The summed E-state index contributed by atoms with van der Waals surface area (Å²) in [5.41, 5.74) is 1.34. The number of ketones is 1. The van der Waals surface area contributed by atoms with Gasteiger partial charge in [-0.05, 0) is 107 Å². The molecule has 14 heteroatoms. The first kappa shape index (κ1) is 46.1. The predicted octanol–water partition coefficient (Wildman–Crippen LogP) is 3.77. The monoisotopic (exact) mass is 884 g/mol. The highest BCUT2D eigenvalue weighted by Crippen LogP contribution is 2.58. The van der Waals surface area contributed by atoms with Crippen molar-refractivity contribution in [3.05, 3.63) is 67.9 Å². The topological polar surface area (TPSA) is 194 Å². The Bertz CT molecular complexity index is 2320. The molecular formula is C50H64N2O12. The number of fused-ring (bicyclic) bond motifs is 3. The van der Waals surface area contributed by atoms with E-state index in [9.17, 15) is 34.8 Å². The minimum absolute atomic E-state index is 0.0123. The van der Waals surface area contributed by atoms with Gasteiger partial charge in [0.25, 0.3) is 0 Å². The number of likely N-dealkylation sites (tertiary alicyclic amines) is 1. The molecule has 8 atom stereocenters. The van der Waals surface area contributed by atoms with E-state index in [4.69, 9.17) is 23.7 Å². The molecule has 8 unspecified atom stereocenters. The van der Waals surface area contributed by atoms with Gasteiger partial charge in [0.15, 0.2) is 6.29 Å². The number of rotatable bonds is 15. The molecule has 0 bridgehead atoms. The number of piperidine rings is 1. The van der Waals surface area contributed by atoms with Crippen LogP contribution < -0.4 is 24.8 Å². The molecule has 1 saturated heterocycles. The Hall–Kier alpha value is -4.44. The maximum Gasteiger partial charge on any atom is 0.375 e. The summed E-state index contributed by atoms with van der Waals surface area (Å²) in [6.45, 7) is 7.54. The summed E-state index contributed by atoms with van der Waals surface area (Å²) in [6.07, 6.45) is 6.82. The molecule has 64 heavy (non-hydrogen) atoms. The minimum Gasteiger partial charge on any atom is -0.489 e. The zero-order valence-electron chi connectivity index (χ0n) is 37.6. The van der Waals surface area contributed by atoms with E-state index in [0.29, 0.717) is 73.1 Å². The van der Waals surface area contributed by atoms with Gasteiger partial charge < -0.3 is 49.0 Å². The van der Waals surface area contributed by atoms with E-state index in [0.717, 1.165) is 54.9 Å². The van der Waals surface area contributed by atoms with Crippen molar-refractivity contribution in [1.29, 1.82) is 0 Å². The number of hydrogen-bond donors (Lipinski definition) is 4. The minimum atomic E-state index is -1.33. The van der Waals surface area contributed by atoms with E-state index in [-0.39, 0.29) is 72.0 Å². The second-order valence-corrected chi connectivity index (χ2v) is 18.5. The van der Waals surface area contributed by atoms with Crippen LogP contribution in [0.2, 0.25) is 0 Å². The third-order valence-corrected chi connectivity index (χ3v) is 14.7. The lowest BCUT2D eigenvalue weighted by Crippen LogP contribution is -2.54. The van der Waals surface area contributed by atoms with Crippen molar-refractivity contribution < 1.29 is 58.5 Å². The predicted molar refractivity (Wildman–Crippen MR) is 236 cm³/mol. The molecule has 0 aromatic heterocycles. The van der Waals surface area contributed by atoms with Crippen LogP contribution >= 0.6 is 0 Å². The van der Waals surface area contributed by atoms with Crippen LogP contribution in [0.5, 0.6) is 17.2 Å². The Labute approximate surface area is 374 Å². The smallest absolute Gasteiger partial charge is 0.375 e. The van der Waals surface area contributed by atoms with E-state index < -0.39 is 54.9 Å². The molecule has 0 spiro atoms. The number of Topliss-reactive ketones (excluding diaryl/α,β-unsaturated/α-hetero) is 1. The van der Waals surface area contributed by atoms with Crippen LogP contribution in [-0.4, -0.2) is 120 Å². The number of allylic oxidation sites excluding steroid dienone is 3. The van der Waals surface area contributed by atoms with Crippen molar-refractivity contribution >= 4 is 29.7 Å². The van der Waals surface area contributed by atoms with E-state index in [1.54, 1.807) is 14.0 Å². The lowest BCUT2D eigenvalue weighted by molar-refractivity contribution is -0.141. The zero-order valence-corrected chi connectivity index (χ0v) is 37.6.